The third-order valence-corrected chi connectivity index (χ3v) is 4.15. The molecular formula is C17H21F2N3O2S. The number of hydrogen-bond donors (Lipinski definition) is 2. The number of halogens is 2. The fraction of sp³-hybridized carbons (Fsp3) is 0.353. The molecule has 0 saturated heterocycles. The first-order valence-electron chi connectivity index (χ1n) is 7.74. The van der Waals surface area contributed by atoms with Gasteiger partial charge in [-0.25, -0.2) is 13.6 Å². The van der Waals surface area contributed by atoms with E-state index in [0.29, 0.717) is 18.1 Å². The highest BCUT2D eigenvalue weighted by Gasteiger charge is 2.11. The summed E-state index contributed by atoms with van der Waals surface area (Å²) < 4.78 is 32.5. The number of benzene rings is 1. The highest BCUT2D eigenvalue weighted by atomic mass is 32.2. The second kappa shape index (κ2) is 9.43. The van der Waals surface area contributed by atoms with Gasteiger partial charge in [0.15, 0.2) is 0 Å². The molecule has 8 heteroatoms. The molecule has 25 heavy (non-hydrogen) atoms. The maximum absolute atomic E-state index is 13.4. The van der Waals surface area contributed by atoms with Crippen LogP contribution in [0.4, 0.5) is 19.3 Å². The second-order valence-corrected chi connectivity index (χ2v) is 6.74. The molecule has 5 nitrogen and oxygen atoms in total. The number of nitrogens with one attached hydrogen (secondary N) is 2. The number of rotatable bonds is 8. The van der Waals surface area contributed by atoms with Crippen molar-refractivity contribution in [1.82, 2.24) is 10.2 Å². The van der Waals surface area contributed by atoms with Gasteiger partial charge in [0.2, 0.25) is 0 Å². The van der Waals surface area contributed by atoms with E-state index in [-0.39, 0.29) is 0 Å². The summed E-state index contributed by atoms with van der Waals surface area (Å²) in [6.07, 6.45) is 0. The highest BCUT2D eigenvalue weighted by Crippen LogP contribution is 2.18. The summed E-state index contributed by atoms with van der Waals surface area (Å²) in [6, 6.07) is 6.65. The van der Waals surface area contributed by atoms with Gasteiger partial charge in [0.1, 0.15) is 28.8 Å². The fourth-order valence-corrected chi connectivity index (χ4v) is 2.83. The minimum Gasteiger partial charge on any atom is -0.464 e. The molecule has 2 amide bonds. The standard InChI is InChI=1S/C17H21F2N3O2S/c1-22(2)10-12-6-7-13(24-12)11-25-9-8-20-17(23)21-16-14(18)4-3-5-15(16)19/h3-7H,8-11H2,1-2H3,(H2,20,21,23). The Labute approximate surface area is 149 Å². The van der Waals surface area contributed by atoms with Crippen LogP contribution in [0.3, 0.4) is 0 Å². The van der Waals surface area contributed by atoms with Gasteiger partial charge in [0.25, 0.3) is 0 Å². The zero-order valence-electron chi connectivity index (χ0n) is 14.1. The minimum atomic E-state index is -0.809. The molecule has 1 heterocycles. The van der Waals surface area contributed by atoms with Crippen LogP contribution < -0.4 is 10.6 Å². The van der Waals surface area contributed by atoms with E-state index in [9.17, 15) is 13.6 Å². The van der Waals surface area contributed by atoms with Gasteiger partial charge < -0.3 is 20.0 Å². The van der Waals surface area contributed by atoms with Crippen LogP contribution in [0.5, 0.6) is 0 Å². The molecule has 0 aliphatic rings. The molecule has 1 aromatic heterocycles. The molecule has 2 aromatic rings. The third-order valence-electron chi connectivity index (χ3n) is 3.17. The molecule has 2 N–H and O–H groups in total. The maximum Gasteiger partial charge on any atom is 0.319 e. The smallest absolute Gasteiger partial charge is 0.319 e. The van der Waals surface area contributed by atoms with Crippen molar-refractivity contribution in [3.8, 4) is 0 Å². The number of hydrogen-bond acceptors (Lipinski definition) is 4. The lowest BCUT2D eigenvalue weighted by Gasteiger charge is -2.09. The van der Waals surface area contributed by atoms with Crippen LogP contribution in [0, 0.1) is 11.6 Å². The van der Waals surface area contributed by atoms with Gasteiger partial charge >= 0.3 is 6.03 Å². The summed E-state index contributed by atoms with van der Waals surface area (Å²) in [6.45, 7) is 1.12. The maximum atomic E-state index is 13.4. The highest BCUT2D eigenvalue weighted by molar-refractivity contribution is 7.98. The number of urea groups is 1. The van der Waals surface area contributed by atoms with Crippen LogP contribution in [0.1, 0.15) is 11.5 Å². The Morgan fingerprint density at radius 2 is 1.84 bits per heavy atom. The fourth-order valence-electron chi connectivity index (χ4n) is 2.08. The van der Waals surface area contributed by atoms with Gasteiger partial charge in [-0.2, -0.15) is 11.8 Å². The van der Waals surface area contributed by atoms with Gasteiger partial charge in [-0.15, -0.1) is 0 Å². The molecule has 1 aromatic carbocycles. The predicted octanol–water partition coefficient (Wildman–Crippen LogP) is 3.67. The first-order valence-corrected chi connectivity index (χ1v) is 8.90. The van der Waals surface area contributed by atoms with E-state index in [4.69, 9.17) is 4.42 Å². The zero-order chi connectivity index (χ0) is 18.2. The van der Waals surface area contributed by atoms with Crippen LogP contribution in [-0.2, 0) is 12.3 Å². The normalized spacial score (nSPS) is 10.9. The Balaban J connectivity index is 1.66. The SMILES string of the molecule is CN(C)Cc1ccc(CSCCNC(=O)Nc2c(F)cccc2F)o1. The van der Waals surface area contributed by atoms with Crippen LogP contribution in [-0.4, -0.2) is 37.3 Å². The molecule has 0 spiro atoms. The predicted molar refractivity (Wildman–Crippen MR) is 95.6 cm³/mol. The zero-order valence-corrected chi connectivity index (χ0v) is 15.0. The van der Waals surface area contributed by atoms with Crippen molar-refractivity contribution < 1.29 is 18.0 Å². The third kappa shape index (κ3) is 6.39. The van der Waals surface area contributed by atoms with Crippen LogP contribution in [0.25, 0.3) is 0 Å². The summed E-state index contributed by atoms with van der Waals surface area (Å²) >= 11 is 1.60. The van der Waals surface area contributed by atoms with Crippen molar-refractivity contribution in [3.05, 3.63) is 53.5 Å². The number of furan rings is 1. The average Bonchev–Trinajstić information content (AvgIpc) is 2.97. The van der Waals surface area contributed by atoms with E-state index in [0.717, 1.165) is 30.2 Å². The molecule has 0 aliphatic carbocycles. The van der Waals surface area contributed by atoms with Crippen LogP contribution >= 0.6 is 11.8 Å². The summed E-state index contributed by atoms with van der Waals surface area (Å²) in [5.41, 5.74) is -0.448. The lowest BCUT2D eigenvalue weighted by molar-refractivity contribution is 0.252. The lowest BCUT2D eigenvalue weighted by Crippen LogP contribution is -2.31. The summed E-state index contributed by atoms with van der Waals surface area (Å²) in [4.78, 5) is 13.7. The van der Waals surface area contributed by atoms with Crippen molar-refractivity contribution in [2.45, 2.75) is 12.3 Å². The van der Waals surface area contributed by atoms with Crippen molar-refractivity contribution in [1.29, 1.82) is 0 Å². The molecule has 0 bridgehead atoms. The molecular weight excluding hydrogens is 348 g/mol. The molecule has 0 unspecified atom stereocenters. The number of para-hydroxylation sites is 1. The Morgan fingerprint density at radius 1 is 1.16 bits per heavy atom. The molecule has 0 atom stereocenters. The minimum absolute atomic E-state index is 0.373. The number of carbonyl (C=O) groups is 1. The van der Waals surface area contributed by atoms with E-state index >= 15 is 0 Å². The molecule has 0 saturated carbocycles. The quantitative estimate of drug-likeness (QED) is 0.697. The van der Waals surface area contributed by atoms with Crippen molar-refractivity contribution in [3.63, 3.8) is 0 Å². The number of anilines is 1. The topological polar surface area (TPSA) is 57.5 Å². The van der Waals surface area contributed by atoms with Gasteiger partial charge in [0, 0.05) is 12.3 Å². The number of carbonyl (C=O) groups excluding carboxylic acids is 1. The van der Waals surface area contributed by atoms with Crippen LogP contribution in [0.2, 0.25) is 0 Å². The van der Waals surface area contributed by atoms with E-state index < -0.39 is 23.4 Å². The van der Waals surface area contributed by atoms with Crippen molar-refractivity contribution >= 4 is 23.5 Å². The van der Waals surface area contributed by atoms with Gasteiger partial charge in [0.05, 0.1) is 12.3 Å². The first kappa shape index (κ1) is 19.3. The molecule has 0 fully saturated rings. The molecule has 0 aliphatic heterocycles. The Morgan fingerprint density at radius 3 is 2.52 bits per heavy atom. The Kier molecular flexibility index (Phi) is 7.27. The average molecular weight is 369 g/mol. The largest absolute Gasteiger partial charge is 0.464 e. The van der Waals surface area contributed by atoms with Crippen LogP contribution in [0.15, 0.2) is 34.7 Å². The summed E-state index contributed by atoms with van der Waals surface area (Å²) in [5.74, 6) is 1.51. The van der Waals surface area contributed by atoms with Crippen molar-refractivity contribution in [2.24, 2.45) is 0 Å². The van der Waals surface area contributed by atoms with Gasteiger partial charge in [-0.05, 0) is 38.4 Å². The van der Waals surface area contributed by atoms with E-state index in [1.165, 1.54) is 6.07 Å². The molecule has 2 rings (SSSR count). The summed E-state index contributed by atoms with van der Waals surface area (Å²) in [7, 11) is 3.95. The summed E-state index contributed by atoms with van der Waals surface area (Å²) in [5, 5.41) is 4.74. The van der Waals surface area contributed by atoms with Gasteiger partial charge in [-0.1, -0.05) is 6.07 Å². The van der Waals surface area contributed by atoms with E-state index in [2.05, 4.69) is 10.6 Å². The second-order valence-electron chi connectivity index (χ2n) is 5.64. The van der Waals surface area contributed by atoms with E-state index in [1.807, 2.05) is 31.1 Å². The monoisotopic (exact) mass is 369 g/mol. The Bertz CT molecular complexity index is 687. The van der Waals surface area contributed by atoms with Gasteiger partial charge in [-0.3, -0.25) is 0 Å². The number of thioether (sulfide) groups is 1. The lowest BCUT2D eigenvalue weighted by atomic mass is 10.3. The van der Waals surface area contributed by atoms with Crippen molar-refractivity contribution in [2.75, 3.05) is 31.7 Å². The molecule has 136 valence electrons. The molecule has 0 radical (unpaired) electrons. The number of nitrogens with zero attached hydrogens (tertiary/aromatic N) is 1. The number of amides is 2. The van der Waals surface area contributed by atoms with E-state index in [1.54, 1.807) is 11.8 Å². The Hall–Kier alpha value is -2.06. The first-order chi connectivity index (χ1) is 12.0.